The second-order valence-corrected chi connectivity index (χ2v) is 9.08. The zero-order chi connectivity index (χ0) is 24.5. The first-order valence-corrected chi connectivity index (χ1v) is 12.0. The van der Waals surface area contributed by atoms with Crippen LogP contribution in [0.4, 0.5) is 0 Å². The van der Waals surface area contributed by atoms with Gasteiger partial charge in [-0.05, 0) is 67.3 Å². The third kappa shape index (κ3) is 4.16. The molecule has 1 amide bonds. The number of carbonyl (C=O) groups excluding carboxylic acids is 1. The molecule has 0 bridgehead atoms. The molecular weight excluding hydrogens is 438 g/mol. The summed E-state index contributed by atoms with van der Waals surface area (Å²) in [6.07, 6.45) is 1.87. The van der Waals surface area contributed by atoms with E-state index in [1.807, 2.05) is 85.5 Å². The van der Waals surface area contributed by atoms with E-state index in [1.165, 1.54) is 0 Å². The minimum atomic E-state index is -0.336. The summed E-state index contributed by atoms with van der Waals surface area (Å²) in [5.41, 5.74) is 5.25. The van der Waals surface area contributed by atoms with Crippen LogP contribution >= 0.6 is 0 Å². The number of amides is 1. The van der Waals surface area contributed by atoms with Crippen molar-refractivity contribution in [3.8, 4) is 28.5 Å². The van der Waals surface area contributed by atoms with Crippen LogP contribution in [0, 0.1) is 13.8 Å². The van der Waals surface area contributed by atoms with Gasteiger partial charge in [-0.3, -0.25) is 9.89 Å². The highest BCUT2D eigenvalue weighted by molar-refractivity contribution is 6.00. The van der Waals surface area contributed by atoms with Crippen LogP contribution in [0.25, 0.3) is 11.3 Å². The van der Waals surface area contributed by atoms with Gasteiger partial charge in [0, 0.05) is 17.7 Å². The van der Waals surface area contributed by atoms with Crippen LogP contribution in [0.5, 0.6) is 17.2 Å². The van der Waals surface area contributed by atoms with E-state index in [2.05, 4.69) is 17.1 Å². The summed E-state index contributed by atoms with van der Waals surface area (Å²) >= 11 is 0. The standard InChI is InChI=1S/C29H29N3O3/c1-4-5-14-32-27(20-10-9-13-22(17-20)35-21-11-7-6-8-12-21)24-25(30-31-26(24)29(32)34)23-16-18(2)15-19(3)28(23)33/h6-13,15-17,27,33H,4-5,14H2,1-3H3,(H,30,31). The van der Waals surface area contributed by atoms with Crippen LogP contribution in [0.3, 0.4) is 0 Å². The van der Waals surface area contributed by atoms with Crippen molar-refractivity contribution in [3.63, 3.8) is 0 Å². The number of benzene rings is 3. The summed E-state index contributed by atoms with van der Waals surface area (Å²) in [4.78, 5) is 15.4. The van der Waals surface area contributed by atoms with E-state index < -0.39 is 0 Å². The lowest BCUT2D eigenvalue weighted by Crippen LogP contribution is -2.30. The fourth-order valence-electron chi connectivity index (χ4n) is 4.82. The number of hydrogen-bond acceptors (Lipinski definition) is 4. The predicted octanol–water partition coefficient (Wildman–Crippen LogP) is 6.54. The van der Waals surface area contributed by atoms with Crippen LogP contribution in [-0.2, 0) is 0 Å². The third-order valence-electron chi connectivity index (χ3n) is 6.47. The van der Waals surface area contributed by atoms with Crippen molar-refractivity contribution >= 4 is 5.91 Å². The molecule has 2 heterocycles. The van der Waals surface area contributed by atoms with Crippen molar-refractivity contribution in [2.24, 2.45) is 0 Å². The highest BCUT2D eigenvalue weighted by Crippen LogP contribution is 2.46. The van der Waals surface area contributed by atoms with Gasteiger partial charge >= 0.3 is 0 Å². The fourth-order valence-corrected chi connectivity index (χ4v) is 4.82. The van der Waals surface area contributed by atoms with Crippen LogP contribution < -0.4 is 4.74 Å². The molecule has 0 aliphatic carbocycles. The quantitative estimate of drug-likeness (QED) is 0.324. The summed E-state index contributed by atoms with van der Waals surface area (Å²) < 4.78 is 6.09. The lowest BCUT2D eigenvalue weighted by molar-refractivity contribution is 0.0741. The van der Waals surface area contributed by atoms with Crippen LogP contribution in [0.1, 0.15) is 58.5 Å². The first-order chi connectivity index (χ1) is 17.0. The largest absolute Gasteiger partial charge is 0.507 e. The first kappa shape index (κ1) is 22.7. The zero-order valence-electron chi connectivity index (χ0n) is 20.2. The first-order valence-electron chi connectivity index (χ1n) is 12.0. The molecule has 0 saturated heterocycles. The molecule has 0 radical (unpaired) electrons. The summed E-state index contributed by atoms with van der Waals surface area (Å²) in [6.45, 7) is 6.61. The Hall–Kier alpha value is -4.06. The lowest BCUT2D eigenvalue weighted by atomic mass is 9.94. The number of para-hydroxylation sites is 1. The Bertz CT molecular complexity index is 1380. The van der Waals surface area contributed by atoms with Gasteiger partial charge in [0.05, 0.1) is 6.04 Å². The molecule has 1 aromatic heterocycles. The van der Waals surface area contributed by atoms with E-state index in [9.17, 15) is 9.90 Å². The van der Waals surface area contributed by atoms with Gasteiger partial charge in [-0.25, -0.2) is 0 Å². The summed E-state index contributed by atoms with van der Waals surface area (Å²) in [5.74, 6) is 1.56. The van der Waals surface area contributed by atoms with Crippen molar-refractivity contribution in [1.29, 1.82) is 0 Å². The molecule has 5 rings (SSSR count). The number of aromatic nitrogens is 2. The number of ether oxygens (including phenoxy) is 1. The Morgan fingerprint density at radius 1 is 1.03 bits per heavy atom. The molecule has 0 fully saturated rings. The van der Waals surface area contributed by atoms with Gasteiger partial charge in [-0.15, -0.1) is 0 Å². The number of nitrogens with zero attached hydrogens (tertiary/aromatic N) is 2. The Kier molecular flexibility index (Phi) is 6.03. The lowest BCUT2D eigenvalue weighted by Gasteiger charge is -2.26. The van der Waals surface area contributed by atoms with Gasteiger partial charge in [0.1, 0.15) is 28.6 Å². The van der Waals surface area contributed by atoms with Gasteiger partial charge < -0.3 is 14.7 Å². The second kappa shape index (κ2) is 9.29. The third-order valence-corrected chi connectivity index (χ3v) is 6.47. The van der Waals surface area contributed by atoms with Gasteiger partial charge in [-0.1, -0.05) is 49.7 Å². The highest BCUT2D eigenvalue weighted by Gasteiger charge is 2.42. The number of phenols is 1. The van der Waals surface area contributed by atoms with E-state index in [1.54, 1.807) is 0 Å². The molecule has 6 heteroatoms. The molecule has 0 saturated carbocycles. The molecule has 2 N–H and O–H groups in total. The Balaban J connectivity index is 1.63. The van der Waals surface area contributed by atoms with Crippen LogP contribution in [0.2, 0.25) is 0 Å². The van der Waals surface area contributed by atoms with Gasteiger partial charge in [0.2, 0.25) is 0 Å². The number of aromatic hydroxyl groups is 1. The van der Waals surface area contributed by atoms with Gasteiger partial charge in [0.15, 0.2) is 0 Å². The number of nitrogens with one attached hydrogen (secondary N) is 1. The van der Waals surface area contributed by atoms with E-state index in [0.29, 0.717) is 29.2 Å². The molecule has 3 aromatic carbocycles. The molecule has 35 heavy (non-hydrogen) atoms. The average Bonchev–Trinajstić information content (AvgIpc) is 3.39. The number of carbonyl (C=O) groups is 1. The number of aryl methyl sites for hydroxylation is 2. The van der Waals surface area contributed by atoms with Gasteiger partial charge in [-0.2, -0.15) is 5.10 Å². The molecule has 1 aliphatic heterocycles. The number of phenolic OH excluding ortho intramolecular Hbond substituents is 1. The van der Waals surface area contributed by atoms with Crippen molar-refractivity contribution < 1.29 is 14.6 Å². The number of rotatable bonds is 7. The van der Waals surface area contributed by atoms with Gasteiger partial charge in [0.25, 0.3) is 5.91 Å². The molecule has 1 unspecified atom stereocenters. The number of H-pyrrole nitrogens is 1. The molecule has 0 spiro atoms. The van der Waals surface area contributed by atoms with Crippen molar-refractivity contribution in [3.05, 3.63) is 94.7 Å². The molecule has 6 nitrogen and oxygen atoms in total. The Morgan fingerprint density at radius 2 is 1.80 bits per heavy atom. The zero-order valence-corrected chi connectivity index (χ0v) is 20.2. The number of fused-ring (bicyclic) bond motifs is 1. The van der Waals surface area contributed by atoms with Crippen molar-refractivity contribution in [2.75, 3.05) is 6.54 Å². The number of hydrogen-bond donors (Lipinski definition) is 2. The summed E-state index contributed by atoms with van der Waals surface area (Å²) in [5, 5.41) is 18.4. The Morgan fingerprint density at radius 3 is 2.57 bits per heavy atom. The van der Waals surface area contributed by atoms with E-state index >= 15 is 0 Å². The molecular formula is C29H29N3O3. The summed E-state index contributed by atoms with van der Waals surface area (Å²) in [6, 6.07) is 21.0. The van der Waals surface area contributed by atoms with Crippen LogP contribution in [-0.4, -0.2) is 32.7 Å². The average molecular weight is 468 g/mol. The van der Waals surface area contributed by atoms with Crippen molar-refractivity contribution in [2.45, 2.75) is 39.7 Å². The normalized spacial score (nSPS) is 14.9. The van der Waals surface area contributed by atoms with Crippen LogP contribution in [0.15, 0.2) is 66.7 Å². The number of aromatic amines is 1. The maximum atomic E-state index is 13.5. The van der Waals surface area contributed by atoms with E-state index in [4.69, 9.17) is 4.74 Å². The SMILES string of the molecule is CCCCN1C(=O)c2[nH]nc(-c3cc(C)cc(C)c3O)c2C1c1cccc(Oc2ccccc2)c1. The predicted molar refractivity (Wildman–Crippen MR) is 136 cm³/mol. The topological polar surface area (TPSA) is 78.5 Å². The molecule has 178 valence electrons. The van der Waals surface area contributed by atoms with E-state index in [0.717, 1.165) is 40.8 Å². The fraction of sp³-hybridized carbons (Fsp3) is 0.241. The molecule has 1 atom stereocenters. The van der Waals surface area contributed by atoms with E-state index in [-0.39, 0.29) is 17.7 Å². The Labute approximate surface area is 205 Å². The highest BCUT2D eigenvalue weighted by atomic mass is 16.5. The monoisotopic (exact) mass is 467 g/mol. The minimum absolute atomic E-state index is 0.0737. The minimum Gasteiger partial charge on any atom is -0.507 e. The maximum absolute atomic E-state index is 13.5. The maximum Gasteiger partial charge on any atom is 0.273 e. The molecule has 4 aromatic rings. The van der Waals surface area contributed by atoms with Crippen molar-refractivity contribution in [1.82, 2.24) is 15.1 Å². The summed E-state index contributed by atoms with van der Waals surface area (Å²) in [7, 11) is 0. The molecule has 1 aliphatic rings. The smallest absolute Gasteiger partial charge is 0.273 e. The number of unbranched alkanes of at least 4 members (excludes halogenated alkanes) is 1. The second-order valence-electron chi connectivity index (χ2n) is 9.08.